The van der Waals surface area contributed by atoms with E-state index in [4.69, 9.17) is 21.1 Å². The Balaban J connectivity index is 1.26. The summed E-state index contributed by atoms with van der Waals surface area (Å²) in [6.07, 6.45) is 9.64. The first-order valence-electron chi connectivity index (χ1n) is 18.6. The number of hydrogen-bond donors (Lipinski definition) is 1. The van der Waals surface area contributed by atoms with Crippen molar-refractivity contribution in [3.8, 4) is 5.75 Å². The number of allylic oxidation sites excluding steroid dienone is 1. The van der Waals surface area contributed by atoms with Crippen molar-refractivity contribution in [1.29, 1.82) is 0 Å². The second-order valence-corrected chi connectivity index (χ2v) is 17.3. The van der Waals surface area contributed by atoms with Gasteiger partial charge in [0.05, 0.1) is 17.2 Å². The van der Waals surface area contributed by atoms with Crippen LogP contribution in [0.4, 0.5) is 10.1 Å². The van der Waals surface area contributed by atoms with Crippen molar-refractivity contribution in [3.63, 3.8) is 0 Å². The average molecular weight is 750 g/mol. The minimum Gasteiger partial charge on any atom is -0.487 e. The molecule has 3 aromatic carbocycles. The summed E-state index contributed by atoms with van der Waals surface area (Å²) in [4.78, 5) is 18.1. The zero-order valence-electron chi connectivity index (χ0n) is 30.0. The Morgan fingerprint density at radius 1 is 1.02 bits per heavy atom. The van der Waals surface area contributed by atoms with Crippen LogP contribution < -0.4 is 14.4 Å². The molecule has 1 aliphatic carbocycles. The molecule has 4 aliphatic rings. The fraction of sp³-hybridized carbons (Fsp3) is 0.488. The molecule has 278 valence electrons. The number of carbonyl (C=O) groups is 1. The van der Waals surface area contributed by atoms with E-state index in [2.05, 4.69) is 26.7 Å². The molecule has 2 fully saturated rings. The molecule has 11 heteroatoms. The maximum Gasteiger partial charge on any atom is 0.264 e. The molecule has 0 aromatic heterocycles. The van der Waals surface area contributed by atoms with Gasteiger partial charge in [-0.05, 0) is 115 Å². The molecule has 0 radical (unpaired) electrons. The molecule has 1 saturated heterocycles. The molecule has 3 aromatic rings. The molecular formula is C41H49ClFN3O5S. The van der Waals surface area contributed by atoms with Crippen LogP contribution in [0.5, 0.6) is 5.75 Å². The van der Waals surface area contributed by atoms with E-state index in [0.717, 1.165) is 55.3 Å². The number of ether oxygens (including phenoxy) is 2. The number of fused-ring (bicyclic) bond motifs is 4. The summed E-state index contributed by atoms with van der Waals surface area (Å²) < 4.78 is 57.3. The van der Waals surface area contributed by atoms with Gasteiger partial charge in [-0.25, -0.2) is 17.5 Å². The van der Waals surface area contributed by atoms with Gasteiger partial charge in [-0.2, -0.15) is 0 Å². The first-order chi connectivity index (χ1) is 25.0. The van der Waals surface area contributed by atoms with Crippen molar-refractivity contribution in [3.05, 3.63) is 100 Å². The van der Waals surface area contributed by atoms with Gasteiger partial charge in [-0.1, -0.05) is 55.8 Å². The Kier molecular flexibility index (Phi) is 11.0. The van der Waals surface area contributed by atoms with Crippen LogP contribution in [0.25, 0.3) is 0 Å². The quantitative estimate of drug-likeness (QED) is 0.271. The predicted octanol–water partition coefficient (Wildman–Crippen LogP) is 7.54. The summed E-state index contributed by atoms with van der Waals surface area (Å²) in [5.41, 5.74) is 3.28. The molecule has 1 amide bonds. The smallest absolute Gasteiger partial charge is 0.264 e. The molecule has 8 nitrogen and oxygen atoms in total. The topological polar surface area (TPSA) is 88.2 Å². The average Bonchev–Trinajstić information content (AvgIpc) is 3.12. The third kappa shape index (κ3) is 8.05. The van der Waals surface area contributed by atoms with E-state index in [1.807, 2.05) is 31.2 Å². The highest BCUT2D eigenvalue weighted by atomic mass is 35.5. The molecule has 1 N–H and O–H groups in total. The molecule has 0 unspecified atom stereocenters. The Labute approximate surface area is 312 Å². The summed E-state index contributed by atoms with van der Waals surface area (Å²) in [6, 6.07) is 17.6. The van der Waals surface area contributed by atoms with Crippen LogP contribution >= 0.6 is 11.6 Å². The van der Waals surface area contributed by atoms with E-state index in [1.165, 1.54) is 12.1 Å². The van der Waals surface area contributed by atoms with Crippen molar-refractivity contribution >= 4 is 33.2 Å². The number of carbonyl (C=O) groups excluding carboxylic acids is 1. The van der Waals surface area contributed by atoms with Gasteiger partial charge >= 0.3 is 0 Å². The lowest BCUT2D eigenvalue weighted by molar-refractivity contribution is -0.145. The number of sulfonamides is 1. The number of nitrogens with one attached hydrogen (secondary N) is 1. The Morgan fingerprint density at radius 3 is 2.69 bits per heavy atom. The van der Waals surface area contributed by atoms with Crippen molar-refractivity contribution in [2.24, 2.45) is 23.7 Å². The SMILES string of the molecule is C[C@H]1C/C=C/[C@@]2(CN(Cc3cccc(F)c3)CCO2)[C@@H]2CC[C@H]2CN2CCCCc3cc(Cl)ccc3COc3ccc(cc32)S(=O)(=O)NC(=O)[C@@H]1C. The lowest BCUT2D eigenvalue weighted by Gasteiger charge is -2.53. The number of benzene rings is 3. The number of halogens is 2. The van der Waals surface area contributed by atoms with Crippen LogP contribution in [0.1, 0.15) is 62.6 Å². The van der Waals surface area contributed by atoms with Crippen LogP contribution in [-0.2, 0) is 39.1 Å². The minimum absolute atomic E-state index is 0.0346. The largest absolute Gasteiger partial charge is 0.487 e. The molecule has 3 heterocycles. The number of amides is 1. The zero-order valence-corrected chi connectivity index (χ0v) is 31.6. The van der Waals surface area contributed by atoms with E-state index < -0.39 is 27.4 Å². The van der Waals surface area contributed by atoms with Gasteiger partial charge in [0.2, 0.25) is 5.91 Å². The molecule has 52 heavy (non-hydrogen) atoms. The lowest BCUT2D eigenvalue weighted by atomic mass is 9.63. The third-order valence-electron chi connectivity index (χ3n) is 11.7. The van der Waals surface area contributed by atoms with Crippen LogP contribution in [0, 0.1) is 29.5 Å². The normalized spacial score (nSPS) is 29.0. The maximum absolute atomic E-state index is 14.2. The molecule has 3 aliphatic heterocycles. The van der Waals surface area contributed by atoms with Crippen LogP contribution in [-0.4, -0.2) is 57.6 Å². The maximum atomic E-state index is 14.2. The fourth-order valence-corrected chi connectivity index (χ4v) is 9.62. The van der Waals surface area contributed by atoms with Gasteiger partial charge < -0.3 is 14.4 Å². The van der Waals surface area contributed by atoms with Gasteiger partial charge in [0, 0.05) is 43.7 Å². The van der Waals surface area contributed by atoms with Crippen LogP contribution in [0.2, 0.25) is 5.02 Å². The molecule has 7 rings (SSSR count). The molecule has 2 bridgehead atoms. The van der Waals surface area contributed by atoms with E-state index in [-0.39, 0.29) is 28.5 Å². The molecular weight excluding hydrogens is 701 g/mol. The van der Waals surface area contributed by atoms with Crippen LogP contribution in [0.15, 0.2) is 77.7 Å². The summed E-state index contributed by atoms with van der Waals surface area (Å²) in [7, 11) is -4.15. The summed E-state index contributed by atoms with van der Waals surface area (Å²) in [6.45, 7) is 8.09. The second-order valence-electron chi connectivity index (χ2n) is 15.2. The number of aryl methyl sites for hydroxylation is 1. The van der Waals surface area contributed by atoms with E-state index in [1.54, 1.807) is 31.2 Å². The standard InChI is InChI=1S/C41H49ClFN3O5S/c1-28-7-6-17-41(27-45(19-20-51-41)24-30-8-5-10-35(43)21-30)37-15-12-32(37)25-46-18-4-3-9-31-22-34(42)13-11-33(31)26-50-39-16-14-36(23-38(39)46)52(48,49)44-40(47)29(28)2/h5-6,8,10-11,13-14,16-17,21-23,28-29,32,37H,3-4,7,9,12,15,18-20,24-27H2,1-2H3,(H,44,47)/b17-6+/t28-,29+,32-,37+,41+/m0/s1. The van der Waals surface area contributed by atoms with Gasteiger partial charge in [0.1, 0.15) is 23.8 Å². The highest BCUT2D eigenvalue weighted by Gasteiger charge is 2.50. The van der Waals surface area contributed by atoms with Crippen LogP contribution in [0.3, 0.4) is 0 Å². The van der Waals surface area contributed by atoms with Gasteiger partial charge in [-0.15, -0.1) is 0 Å². The second kappa shape index (κ2) is 15.5. The van der Waals surface area contributed by atoms with Gasteiger partial charge in [0.25, 0.3) is 10.0 Å². The first-order valence-corrected chi connectivity index (χ1v) is 20.5. The molecule has 1 saturated carbocycles. The summed E-state index contributed by atoms with van der Waals surface area (Å²) >= 11 is 6.39. The van der Waals surface area contributed by atoms with Crippen molar-refractivity contribution in [2.75, 3.05) is 37.7 Å². The Bertz CT molecular complexity index is 1920. The Morgan fingerprint density at radius 2 is 1.88 bits per heavy atom. The minimum atomic E-state index is -4.15. The highest BCUT2D eigenvalue weighted by Crippen LogP contribution is 2.48. The highest BCUT2D eigenvalue weighted by molar-refractivity contribution is 7.90. The monoisotopic (exact) mass is 749 g/mol. The summed E-state index contributed by atoms with van der Waals surface area (Å²) in [5, 5.41) is 0.693. The molecule has 5 atom stereocenters. The fourth-order valence-electron chi connectivity index (χ4n) is 8.34. The number of nitrogens with zero attached hydrogens (tertiary/aromatic N) is 2. The number of morpholine rings is 1. The van der Waals surface area contributed by atoms with E-state index in [9.17, 15) is 17.6 Å². The predicted molar refractivity (Wildman–Crippen MR) is 201 cm³/mol. The van der Waals surface area contributed by atoms with E-state index in [0.29, 0.717) is 62.3 Å². The van der Waals surface area contributed by atoms with Gasteiger partial charge in [0.15, 0.2) is 0 Å². The molecule has 1 spiro atoms. The zero-order chi connectivity index (χ0) is 36.5. The first kappa shape index (κ1) is 36.9. The summed E-state index contributed by atoms with van der Waals surface area (Å²) in [5.74, 6) is -0.353. The van der Waals surface area contributed by atoms with Crippen molar-refractivity contribution < 1.29 is 27.1 Å². The van der Waals surface area contributed by atoms with E-state index >= 15 is 0 Å². The third-order valence-corrected chi connectivity index (χ3v) is 13.3. The number of rotatable bonds is 2. The van der Waals surface area contributed by atoms with Crippen molar-refractivity contribution in [1.82, 2.24) is 9.62 Å². The number of anilines is 1. The number of hydrogen-bond acceptors (Lipinski definition) is 7. The Hall–Kier alpha value is -3.44. The van der Waals surface area contributed by atoms with Crippen molar-refractivity contribution in [2.45, 2.75) is 76.0 Å². The lowest BCUT2D eigenvalue weighted by Crippen LogP contribution is -2.59. The van der Waals surface area contributed by atoms with Gasteiger partial charge in [-0.3, -0.25) is 9.69 Å².